The van der Waals surface area contributed by atoms with Crippen LogP contribution in [-0.2, 0) is 0 Å². The molecule has 1 aromatic carbocycles. The van der Waals surface area contributed by atoms with E-state index in [1.54, 1.807) is 0 Å². The van der Waals surface area contributed by atoms with E-state index in [0.29, 0.717) is 5.56 Å². The van der Waals surface area contributed by atoms with Crippen molar-refractivity contribution < 1.29 is 9.90 Å². The van der Waals surface area contributed by atoms with Gasteiger partial charge in [0.2, 0.25) is 0 Å². The molecule has 1 fully saturated rings. The van der Waals surface area contributed by atoms with E-state index in [2.05, 4.69) is 31.9 Å². The van der Waals surface area contributed by atoms with Gasteiger partial charge < -0.3 is 10.0 Å². The van der Waals surface area contributed by atoms with Crippen LogP contribution in [0.1, 0.15) is 36.0 Å². The molecule has 2 rings (SSSR count). The lowest BCUT2D eigenvalue weighted by Gasteiger charge is -2.25. The Labute approximate surface area is 130 Å². The molecule has 1 heterocycles. The van der Waals surface area contributed by atoms with Crippen LogP contribution in [0.25, 0.3) is 0 Å². The zero-order valence-electron chi connectivity index (χ0n) is 10.6. The highest BCUT2D eigenvalue weighted by Gasteiger charge is 2.29. The molecular formula is C14H17Br2NO2. The van der Waals surface area contributed by atoms with Gasteiger partial charge in [-0.25, -0.2) is 0 Å². The molecule has 5 heteroatoms. The summed E-state index contributed by atoms with van der Waals surface area (Å²) < 4.78 is 1.73. The fourth-order valence-electron chi connectivity index (χ4n) is 2.55. The Morgan fingerprint density at radius 2 is 2.21 bits per heavy atom. The summed E-state index contributed by atoms with van der Waals surface area (Å²) in [6.07, 6.45) is 3.73. The fourth-order valence-corrected chi connectivity index (χ4v) is 3.32. The lowest BCUT2D eigenvalue weighted by atomic mass is 10.1. The van der Waals surface area contributed by atoms with Gasteiger partial charge in [-0.05, 0) is 59.8 Å². The highest BCUT2D eigenvalue weighted by Crippen LogP contribution is 2.28. The summed E-state index contributed by atoms with van der Waals surface area (Å²) in [4.78, 5) is 14.6. The zero-order chi connectivity index (χ0) is 13.8. The van der Waals surface area contributed by atoms with Gasteiger partial charge in [0, 0.05) is 28.1 Å². The third kappa shape index (κ3) is 3.58. The molecule has 0 spiro atoms. The summed E-state index contributed by atoms with van der Waals surface area (Å²) in [5, 5.41) is 8.93. The normalized spacial score (nSPS) is 18.9. The van der Waals surface area contributed by atoms with Gasteiger partial charge in [0.05, 0.1) is 5.56 Å². The minimum atomic E-state index is 0.0774. The second kappa shape index (κ2) is 6.86. The predicted octanol–water partition coefficient (Wildman–Crippen LogP) is 3.59. The summed E-state index contributed by atoms with van der Waals surface area (Å²) in [5.74, 6) is 0.0774. The maximum Gasteiger partial charge on any atom is 0.255 e. The first-order valence-electron chi connectivity index (χ1n) is 6.50. The number of aliphatic hydroxyl groups excluding tert-OH is 1. The lowest BCUT2D eigenvalue weighted by molar-refractivity contribution is 0.0723. The van der Waals surface area contributed by atoms with Gasteiger partial charge in [-0.1, -0.05) is 15.9 Å². The van der Waals surface area contributed by atoms with Crippen molar-refractivity contribution in [3.8, 4) is 0 Å². The number of likely N-dealkylation sites (tertiary alicyclic amines) is 1. The lowest BCUT2D eigenvalue weighted by Crippen LogP contribution is -2.35. The van der Waals surface area contributed by atoms with Crippen molar-refractivity contribution >= 4 is 37.8 Å². The van der Waals surface area contributed by atoms with Crippen LogP contribution >= 0.6 is 31.9 Å². The molecule has 0 aliphatic carbocycles. The molecule has 0 radical (unpaired) electrons. The Kier molecular flexibility index (Phi) is 5.42. The molecule has 0 bridgehead atoms. The third-order valence-corrected chi connectivity index (χ3v) is 4.68. The van der Waals surface area contributed by atoms with Crippen LogP contribution in [0.15, 0.2) is 27.1 Å². The highest BCUT2D eigenvalue weighted by atomic mass is 79.9. The largest absolute Gasteiger partial charge is 0.396 e. The Morgan fingerprint density at radius 1 is 1.42 bits per heavy atom. The van der Waals surface area contributed by atoms with Crippen molar-refractivity contribution in [3.05, 3.63) is 32.7 Å². The van der Waals surface area contributed by atoms with Crippen LogP contribution in [0.4, 0.5) is 0 Å². The molecule has 3 nitrogen and oxygen atoms in total. The van der Waals surface area contributed by atoms with Crippen LogP contribution in [0.2, 0.25) is 0 Å². The van der Waals surface area contributed by atoms with E-state index < -0.39 is 0 Å². The number of halogens is 2. The number of hydrogen-bond acceptors (Lipinski definition) is 2. The minimum Gasteiger partial charge on any atom is -0.396 e. The number of amides is 1. The van der Waals surface area contributed by atoms with Crippen molar-refractivity contribution in [3.63, 3.8) is 0 Å². The van der Waals surface area contributed by atoms with Gasteiger partial charge in [-0.15, -0.1) is 0 Å². The highest BCUT2D eigenvalue weighted by molar-refractivity contribution is 9.11. The van der Waals surface area contributed by atoms with E-state index in [0.717, 1.165) is 41.2 Å². The summed E-state index contributed by atoms with van der Waals surface area (Å²) in [6.45, 7) is 1.01. The smallest absolute Gasteiger partial charge is 0.255 e. The van der Waals surface area contributed by atoms with E-state index in [4.69, 9.17) is 5.11 Å². The van der Waals surface area contributed by atoms with Crippen molar-refractivity contribution in [2.75, 3.05) is 13.2 Å². The zero-order valence-corrected chi connectivity index (χ0v) is 13.8. The van der Waals surface area contributed by atoms with E-state index in [1.165, 1.54) is 0 Å². The fraction of sp³-hybridized carbons (Fsp3) is 0.500. The second-order valence-electron chi connectivity index (χ2n) is 4.78. The molecule has 1 unspecified atom stereocenters. The molecule has 1 aromatic rings. The maximum absolute atomic E-state index is 12.6. The number of nitrogens with zero attached hydrogens (tertiary/aromatic N) is 1. The van der Waals surface area contributed by atoms with E-state index in [-0.39, 0.29) is 18.6 Å². The van der Waals surface area contributed by atoms with E-state index >= 15 is 0 Å². The van der Waals surface area contributed by atoms with Gasteiger partial charge in [0.15, 0.2) is 0 Å². The number of carbonyl (C=O) groups excluding carboxylic acids is 1. The molecule has 0 saturated carbocycles. The maximum atomic E-state index is 12.6. The van der Waals surface area contributed by atoms with Crippen molar-refractivity contribution in [1.29, 1.82) is 0 Å². The SMILES string of the molecule is O=C(c1cc(Br)ccc1Br)N1CCCC1CCCO. The van der Waals surface area contributed by atoms with Crippen LogP contribution in [0.3, 0.4) is 0 Å². The third-order valence-electron chi connectivity index (χ3n) is 3.49. The molecule has 1 amide bonds. The summed E-state index contributed by atoms with van der Waals surface area (Å²) in [6, 6.07) is 5.92. The van der Waals surface area contributed by atoms with Gasteiger partial charge in [-0.3, -0.25) is 4.79 Å². The summed E-state index contributed by atoms with van der Waals surface area (Å²) in [7, 11) is 0. The number of carbonyl (C=O) groups is 1. The van der Waals surface area contributed by atoms with Crippen LogP contribution in [-0.4, -0.2) is 35.1 Å². The minimum absolute atomic E-state index is 0.0774. The Hall–Kier alpha value is -0.390. The molecule has 1 aliphatic heterocycles. The second-order valence-corrected chi connectivity index (χ2v) is 6.55. The van der Waals surface area contributed by atoms with Gasteiger partial charge in [-0.2, -0.15) is 0 Å². The molecule has 1 atom stereocenters. The van der Waals surface area contributed by atoms with Crippen molar-refractivity contribution in [1.82, 2.24) is 4.90 Å². The Morgan fingerprint density at radius 3 is 2.95 bits per heavy atom. The first-order valence-corrected chi connectivity index (χ1v) is 8.09. The first kappa shape index (κ1) is 15.0. The van der Waals surface area contributed by atoms with E-state index in [1.807, 2.05) is 23.1 Å². The average Bonchev–Trinajstić information content (AvgIpc) is 2.86. The average molecular weight is 391 g/mol. The monoisotopic (exact) mass is 389 g/mol. The van der Waals surface area contributed by atoms with Crippen LogP contribution in [0, 0.1) is 0 Å². The molecule has 1 N–H and O–H groups in total. The molecule has 1 saturated heterocycles. The van der Waals surface area contributed by atoms with Crippen molar-refractivity contribution in [2.24, 2.45) is 0 Å². The molecule has 0 aromatic heterocycles. The molecule has 19 heavy (non-hydrogen) atoms. The summed E-state index contributed by atoms with van der Waals surface area (Å²) >= 11 is 6.85. The van der Waals surface area contributed by atoms with Gasteiger partial charge >= 0.3 is 0 Å². The predicted molar refractivity (Wildman–Crippen MR) is 82.2 cm³/mol. The van der Waals surface area contributed by atoms with Gasteiger partial charge in [0.1, 0.15) is 0 Å². The number of benzene rings is 1. The van der Waals surface area contributed by atoms with Crippen LogP contribution < -0.4 is 0 Å². The number of rotatable bonds is 4. The first-order chi connectivity index (χ1) is 9.13. The molecular weight excluding hydrogens is 374 g/mol. The van der Waals surface area contributed by atoms with Crippen LogP contribution in [0.5, 0.6) is 0 Å². The van der Waals surface area contributed by atoms with Gasteiger partial charge in [0.25, 0.3) is 5.91 Å². The quantitative estimate of drug-likeness (QED) is 0.853. The van der Waals surface area contributed by atoms with Crippen molar-refractivity contribution in [2.45, 2.75) is 31.7 Å². The Bertz CT molecular complexity index is 465. The standard InChI is InChI=1S/C14H17Br2NO2/c15-10-5-6-13(16)12(9-10)14(19)17-7-1-3-11(17)4-2-8-18/h5-6,9,11,18H,1-4,7-8H2. The number of aliphatic hydroxyl groups is 1. The molecule has 1 aliphatic rings. The van der Waals surface area contributed by atoms with E-state index in [9.17, 15) is 4.79 Å². The topological polar surface area (TPSA) is 40.5 Å². The molecule has 104 valence electrons. The number of hydrogen-bond donors (Lipinski definition) is 1. The Balaban J connectivity index is 2.16. The summed E-state index contributed by atoms with van der Waals surface area (Å²) in [5.41, 5.74) is 0.699.